The van der Waals surface area contributed by atoms with E-state index in [-0.39, 0.29) is 0 Å². The van der Waals surface area contributed by atoms with Crippen molar-refractivity contribution in [3.8, 4) is 0 Å². The first-order valence-corrected chi connectivity index (χ1v) is 4.38. The van der Waals surface area contributed by atoms with Crippen molar-refractivity contribution in [1.29, 1.82) is 0 Å². The van der Waals surface area contributed by atoms with E-state index in [1.54, 1.807) is 0 Å². The van der Waals surface area contributed by atoms with Gasteiger partial charge in [-0.3, -0.25) is 0 Å². The maximum Gasteiger partial charge on any atom is -0.0234 e. The molecule has 0 amide bonds. The number of hydrogen-bond acceptors (Lipinski definition) is 0. The molecule has 0 heterocycles. The Hall–Kier alpha value is -0.260. The quantitative estimate of drug-likeness (QED) is 0.514. The number of rotatable bonds is 2. The van der Waals surface area contributed by atoms with Crippen molar-refractivity contribution in [2.45, 2.75) is 33.1 Å². The van der Waals surface area contributed by atoms with Gasteiger partial charge in [0.2, 0.25) is 0 Å². The first-order chi connectivity index (χ1) is 4.75. The van der Waals surface area contributed by atoms with E-state index in [1.165, 1.54) is 19.3 Å². The van der Waals surface area contributed by atoms with E-state index in [4.69, 9.17) is 0 Å². The van der Waals surface area contributed by atoms with Crippen molar-refractivity contribution in [2.75, 3.05) is 0 Å². The molecule has 0 nitrogen and oxygen atoms in total. The van der Waals surface area contributed by atoms with Crippen LogP contribution in [-0.4, -0.2) is 0 Å². The van der Waals surface area contributed by atoms with Crippen LogP contribution in [-0.2, 0) is 0 Å². The van der Waals surface area contributed by atoms with Gasteiger partial charge in [-0.05, 0) is 24.2 Å². The van der Waals surface area contributed by atoms with Gasteiger partial charge in [-0.1, -0.05) is 32.8 Å². The molecule has 0 radical (unpaired) electrons. The third kappa shape index (κ3) is 1.42. The monoisotopic (exact) mass is 138 g/mol. The van der Waals surface area contributed by atoms with Crippen LogP contribution in [0.4, 0.5) is 0 Å². The zero-order valence-corrected chi connectivity index (χ0v) is 7.14. The molecule has 1 fully saturated rings. The Kier molecular flexibility index (Phi) is 2.53. The van der Waals surface area contributed by atoms with Crippen LogP contribution >= 0.6 is 0 Å². The molecule has 1 rings (SSSR count). The minimum Gasteiger partial charge on any atom is -0.103 e. The highest BCUT2D eigenvalue weighted by molar-refractivity contribution is 4.87. The summed E-state index contributed by atoms with van der Waals surface area (Å²) in [6.07, 6.45) is 6.40. The molecule has 0 spiro atoms. The molecule has 0 aromatic heterocycles. The molecule has 0 N–H and O–H groups in total. The first-order valence-electron chi connectivity index (χ1n) is 4.38. The van der Waals surface area contributed by atoms with Gasteiger partial charge in [0.05, 0.1) is 0 Å². The summed E-state index contributed by atoms with van der Waals surface area (Å²) in [6, 6.07) is 0. The lowest BCUT2D eigenvalue weighted by molar-refractivity contribution is 0.341. The third-order valence-electron chi connectivity index (χ3n) is 2.97. The number of allylic oxidation sites excluding steroid dienone is 1. The van der Waals surface area contributed by atoms with Crippen LogP contribution in [0.3, 0.4) is 0 Å². The van der Waals surface area contributed by atoms with Crippen molar-refractivity contribution in [2.24, 2.45) is 17.8 Å². The summed E-state index contributed by atoms with van der Waals surface area (Å²) in [5, 5.41) is 0. The maximum absolute atomic E-state index is 3.84. The van der Waals surface area contributed by atoms with Crippen LogP contribution < -0.4 is 0 Å². The minimum atomic E-state index is 0.734. The molecule has 10 heavy (non-hydrogen) atoms. The molecular formula is C10H18. The second kappa shape index (κ2) is 3.23. The summed E-state index contributed by atoms with van der Waals surface area (Å²) in [5.74, 6) is 2.60. The highest BCUT2D eigenvalue weighted by atomic mass is 14.3. The van der Waals surface area contributed by atoms with Crippen LogP contribution in [0.25, 0.3) is 0 Å². The topological polar surface area (TPSA) is 0 Å². The fourth-order valence-electron chi connectivity index (χ4n) is 2.13. The molecule has 0 aromatic rings. The molecule has 1 aliphatic rings. The third-order valence-corrected chi connectivity index (χ3v) is 2.97. The van der Waals surface area contributed by atoms with E-state index in [1.807, 2.05) is 0 Å². The van der Waals surface area contributed by atoms with Crippen molar-refractivity contribution in [1.82, 2.24) is 0 Å². The largest absolute Gasteiger partial charge is 0.103 e. The molecule has 0 bridgehead atoms. The second-order valence-corrected chi connectivity index (χ2v) is 3.67. The van der Waals surface area contributed by atoms with E-state index in [0.717, 1.165) is 17.8 Å². The SMILES string of the molecule is C=CC(C)[C@H]1CCC[C@H]1C. The fraction of sp³-hybridized carbons (Fsp3) is 0.800. The summed E-state index contributed by atoms with van der Waals surface area (Å²) in [7, 11) is 0. The zero-order chi connectivity index (χ0) is 7.56. The Bertz CT molecular complexity index is 115. The van der Waals surface area contributed by atoms with Gasteiger partial charge in [0.25, 0.3) is 0 Å². The Balaban J connectivity index is 2.46. The molecule has 1 saturated carbocycles. The highest BCUT2D eigenvalue weighted by Crippen LogP contribution is 2.36. The zero-order valence-electron chi connectivity index (χ0n) is 7.14. The molecule has 3 atom stereocenters. The fourth-order valence-corrected chi connectivity index (χ4v) is 2.13. The van der Waals surface area contributed by atoms with E-state index in [9.17, 15) is 0 Å². The Morgan fingerprint density at radius 2 is 2.20 bits per heavy atom. The second-order valence-electron chi connectivity index (χ2n) is 3.67. The predicted octanol–water partition coefficient (Wildman–Crippen LogP) is 3.24. The van der Waals surface area contributed by atoms with E-state index in [2.05, 4.69) is 26.5 Å². The van der Waals surface area contributed by atoms with Gasteiger partial charge in [-0.25, -0.2) is 0 Å². The van der Waals surface area contributed by atoms with E-state index in [0.29, 0.717) is 0 Å². The summed E-state index contributed by atoms with van der Waals surface area (Å²) < 4.78 is 0. The normalized spacial score (nSPS) is 35.8. The maximum atomic E-state index is 3.84. The van der Waals surface area contributed by atoms with Gasteiger partial charge >= 0.3 is 0 Å². The molecular weight excluding hydrogens is 120 g/mol. The summed E-state index contributed by atoms with van der Waals surface area (Å²) in [6.45, 7) is 8.50. The molecule has 58 valence electrons. The van der Waals surface area contributed by atoms with Gasteiger partial charge in [0.1, 0.15) is 0 Å². The predicted molar refractivity (Wildman–Crippen MR) is 45.9 cm³/mol. The summed E-state index contributed by atoms with van der Waals surface area (Å²) >= 11 is 0. The van der Waals surface area contributed by atoms with Gasteiger partial charge in [-0.2, -0.15) is 0 Å². The standard InChI is InChI=1S/C10H18/c1-4-8(2)10-7-5-6-9(10)3/h4,8-10H,1,5-7H2,2-3H3/t8?,9-,10-/m1/s1. The van der Waals surface area contributed by atoms with Crippen LogP contribution in [0.1, 0.15) is 33.1 Å². The highest BCUT2D eigenvalue weighted by Gasteiger charge is 2.26. The van der Waals surface area contributed by atoms with Gasteiger partial charge < -0.3 is 0 Å². The molecule has 0 aromatic carbocycles. The summed E-state index contributed by atoms with van der Waals surface area (Å²) in [4.78, 5) is 0. The Morgan fingerprint density at radius 1 is 1.50 bits per heavy atom. The molecule has 0 saturated heterocycles. The molecule has 1 unspecified atom stereocenters. The number of hydrogen-bond donors (Lipinski definition) is 0. The van der Waals surface area contributed by atoms with Crippen molar-refractivity contribution < 1.29 is 0 Å². The van der Waals surface area contributed by atoms with Crippen molar-refractivity contribution in [3.05, 3.63) is 12.7 Å². The van der Waals surface area contributed by atoms with Crippen molar-refractivity contribution >= 4 is 0 Å². The van der Waals surface area contributed by atoms with E-state index >= 15 is 0 Å². The van der Waals surface area contributed by atoms with Gasteiger partial charge in [0, 0.05) is 0 Å². The Morgan fingerprint density at radius 3 is 2.60 bits per heavy atom. The van der Waals surface area contributed by atoms with E-state index < -0.39 is 0 Å². The lowest BCUT2D eigenvalue weighted by Gasteiger charge is -2.19. The van der Waals surface area contributed by atoms with Crippen LogP contribution in [0.2, 0.25) is 0 Å². The minimum absolute atomic E-state index is 0.734. The molecule has 0 aliphatic heterocycles. The van der Waals surface area contributed by atoms with Crippen LogP contribution in [0.15, 0.2) is 12.7 Å². The average Bonchev–Trinajstić information content (AvgIpc) is 2.34. The van der Waals surface area contributed by atoms with Crippen molar-refractivity contribution in [3.63, 3.8) is 0 Å². The van der Waals surface area contributed by atoms with Crippen LogP contribution in [0.5, 0.6) is 0 Å². The van der Waals surface area contributed by atoms with Gasteiger partial charge in [0.15, 0.2) is 0 Å². The summed E-state index contributed by atoms with van der Waals surface area (Å²) in [5.41, 5.74) is 0. The lowest BCUT2D eigenvalue weighted by atomic mass is 9.86. The molecule has 0 heteroatoms. The average molecular weight is 138 g/mol. The van der Waals surface area contributed by atoms with Crippen LogP contribution in [0, 0.1) is 17.8 Å². The van der Waals surface area contributed by atoms with Gasteiger partial charge in [-0.15, -0.1) is 6.58 Å². The molecule has 1 aliphatic carbocycles. The smallest absolute Gasteiger partial charge is 0.0234 e. The Labute approximate surface area is 64.3 Å². The first kappa shape index (κ1) is 7.84. The lowest BCUT2D eigenvalue weighted by Crippen LogP contribution is -2.11.